The van der Waals surface area contributed by atoms with Crippen molar-refractivity contribution in [2.45, 2.75) is 16.7 Å². The smallest absolute Gasteiger partial charge is 0.339 e. The van der Waals surface area contributed by atoms with Crippen LogP contribution in [0.5, 0.6) is 0 Å². The topological polar surface area (TPSA) is 52.3 Å². The van der Waals surface area contributed by atoms with Crippen LogP contribution in [0.2, 0.25) is 5.02 Å². The second kappa shape index (κ2) is 7.20. The van der Waals surface area contributed by atoms with E-state index in [1.54, 1.807) is 19.1 Å². The van der Waals surface area contributed by atoms with Crippen molar-refractivity contribution in [3.8, 4) is 0 Å². The molecular formula is C15H13BrClNO2S. The second-order valence-electron chi connectivity index (χ2n) is 4.16. The molecule has 2 rings (SSSR count). The highest BCUT2D eigenvalue weighted by atomic mass is 79.9. The molecule has 0 heterocycles. The molecular weight excluding hydrogens is 374 g/mol. The Morgan fingerprint density at radius 3 is 2.81 bits per heavy atom. The number of carbonyl (C=O) groups excluding carboxylic acids is 1. The van der Waals surface area contributed by atoms with Crippen molar-refractivity contribution in [3.05, 3.63) is 51.5 Å². The summed E-state index contributed by atoms with van der Waals surface area (Å²) < 4.78 is 6.02. The van der Waals surface area contributed by atoms with Gasteiger partial charge in [0.25, 0.3) is 0 Å². The number of rotatable bonds is 4. The van der Waals surface area contributed by atoms with Crippen LogP contribution < -0.4 is 5.73 Å². The van der Waals surface area contributed by atoms with E-state index in [-0.39, 0.29) is 0 Å². The molecule has 0 amide bonds. The third kappa shape index (κ3) is 4.15. The van der Waals surface area contributed by atoms with Gasteiger partial charge in [0, 0.05) is 20.0 Å². The highest BCUT2D eigenvalue weighted by Crippen LogP contribution is 2.38. The fourth-order valence-corrected chi connectivity index (χ4v) is 3.60. The Balaban J connectivity index is 2.44. The monoisotopic (exact) mass is 385 g/mol. The molecule has 0 saturated heterocycles. The summed E-state index contributed by atoms with van der Waals surface area (Å²) in [7, 11) is 0. The number of halogens is 2. The molecule has 0 aromatic heterocycles. The third-order valence-corrected chi connectivity index (χ3v) is 4.61. The van der Waals surface area contributed by atoms with Gasteiger partial charge in [-0.15, -0.1) is 0 Å². The molecule has 110 valence electrons. The molecule has 0 bridgehead atoms. The lowest BCUT2D eigenvalue weighted by molar-refractivity contribution is 0.0522. The van der Waals surface area contributed by atoms with Crippen molar-refractivity contribution >= 4 is 50.9 Å². The number of nitrogen functional groups attached to an aromatic ring is 1. The Labute approximate surface area is 140 Å². The van der Waals surface area contributed by atoms with Crippen LogP contribution in [-0.2, 0) is 4.74 Å². The van der Waals surface area contributed by atoms with Gasteiger partial charge in [-0.3, -0.25) is 0 Å². The summed E-state index contributed by atoms with van der Waals surface area (Å²) in [6, 6.07) is 11.0. The summed E-state index contributed by atoms with van der Waals surface area (Å²) in [5.41, 5.74) is 6.58. The Morgan fingerprint density at radius 1 is 1.38 bits per heavy atom. The van der Waals surface area contributed by atoms with E-state index in [0.717, 1.165) is 9.37 Å². The summed E-state index contributed by atoms with van der Waals surface area (Å²) in [5.74, 6) is -0.427. The van der Waals surface area contributed by atoms with Crippen LogP contribution >= 0.6 is 39.3 Å². The Kier molecular flexibility index (Phi) is 5.56. The van der Waals surface area contributed by atoms with Gasteiger partial charge in [-0.05, 0) is 37.3 Å². The Bertz CT molecular complexity index is 679. The van der Waals surface area contributed by atoms with Crippen molar-refractivity contribution in [1.82, 2.24) is 0 Å². The molecule has 6 heteroatoms. The molecule has 0 saturated carbocycles. The molecule has 0 aliphatic rings. The van der Waals surface area contributed by atoms with E-state index >= 15 is 0 Å². The predicted molar refractivity (Wildman–Crippen MR) is 90.1 cm³/mol. The van der Waals surface area contributed by atoms with E-state index in [9.17, 15) is 4.79 Å². The lowest BCUT2D eigenvalue weighted by Crippen LogP contribution is -2.07. The van der Waals surface area contributed by atoms with Gasteiger partial charge in [0.1, 0.15) is 0 Å². The van der Waals surface area contributed by atoms with Gasteiger partial charge >= 0.3 is 5.97 Å². The zero-order chi connectivity index (χ0) is 15.4. The van der Waals surface area contributed by atoms with Crippen molar-refractivity contribution in [3.63, 3.8) is 0 Å². The lowest BCUT2D eigenvalue weighted by Gasteiger charge is -2.12. The largest absolute Gasteiger partial charge is 0.462 e. The minimum atomic E-state index is -0.427. The van der Waals surface area contributed by atoms with Crippen LogP contribution in [-0.4, -0.2) is 12.6 Å². The first-order valence-electron chi connectivity index (χ1n) is 6.20. The van der Waals surface area contributed by atoms with Crippen molar-refractivity contribution in [2.75, 3.05) is 12.3 Å². The standard InChI is InChI=1S/C15H13BrClNO2S/c1-2-20-15(19)12-7-10(18)8-13(17)14(12)21-11-5-3-4-9(16)6-11/h3-8H,2,18H2,1H3. The van der Waals surface area contributed by atoms with E-state index in [1.165, 1.54) is 11.8 Å². The van der Waals surface area contributed by atoms with Gasteiger partial charge in [0.15, 0.2) is 0 Å². The third-order valence-electron chi connectivity index (χ3n) is 2.58. The number of anilines is 1. The zero-order valence-electron chi connectivity index (χ0n) is 11.2. The maximum atomic E-state index is 12.1. The molecule has 0 aliphatic carbocycles. The fraction of sp³-hybridized carbons (Fsp3) is 0.133. The van der Waals surface area contributed by atoms with Crippen LogP contribution in [0.1, 0.15) is 17.3 Å². The Morgan fingerprint density at radius 2 is 2.14 bits per heavy atom. The van der Waals surface area contributed by atoms with Crippen LogP contribution in [0.15, 0.2) is 50.7 Å². The molecule has 0 radical (unpaired) electrons. The maximum absolute atomic E-state index is 12.1. The van der Waals surface area contributed by atoms with Gasteiger partial charge in [-0.1, -0.05) is 45.4 Å². The number of carbonyl (C=O) groups is 1. The Hall–Kier alpha value is -1.17. The van der Waals surface area contributed by atoms with Crippen molar-refractivity contribution < 1.29 is 9.53 Å². The van der Waals surface area contributed by atoms with E-state index in [4.69, 9.17) is 22.1 Å². The number of esters is 1. The van der Waals surface area contributed by atoms with E-state index in [2.05, 4.69) is 15.9 Å². The molecule has 0 unspecified atom stereocenters. The van der Waals surface area contributed by atoms with Gasteiger partial charge in [0.2, 0.25) is 0 Å². The predicted octanol–water partition coefficient (Wildman–Crippen LogP) is 5.01. The summed E-state index contributed by atoms with van der Waals surface area (Å²) in [5, 5.41) is 0.433. The molecule has 2 aromatic carbocycles. The molecule has 21 heavy (non-hydrogen) atoms. The first kappa shape index (κ1) is 16.2. The highest BCUT2D eigenvalue weighted by molar-refractivity contribution is 9.10. The van der Waals surface area contributed by atoms with Gasteiger partial charge in [0.05, 0.1) is 17.2 Å². The lowest BCUT2D eigenvalue weighted by atomic mass is 10.2. The number of ether oxygens (including phenoxy) is 1. The summed E-state index contributed by atoms with van der Waals surface area (Å²) in [6.07, 6.45) is 0. The second-order valence-corrected chi connectivity index (χ2v) is 6.57. The van der Waals surface area contributed by atoms with E-state index < -0.39 is 5.97 Å². The number of hydrogen-bond acceptors (Lipinski definition) is 4. The van der Waals surface area contributed by atoms with E-state index in [1.807, 2.05) is 24.3 Å². The first-order chi connectivity index (χ1) is 10.0. The van der Waals surface area contributed by atoms with Crippen LogP contribution in [0, 0.1) is 0 Å². The molecule has 2 N–H and O–H groups in total. The average Bonchev–Trinajstić information content (AvgIpc) is 2.42. The minimum Gasteiger partial charge on any atom is -0.462 e. The average molecular weight is 387 g/mol. The van der Waals surface area contributed by atoms with Crippen LogP contribution in [0.25, 0.3) is 0 Å². The SMILES string of the molecule is CCOC(=O)c1cc(N)cc(Cl)c1Sc1cccc(Br)c1. The quantitative estimate of drug-likeness (QED) is 0.592. The van der Waals surface area contributed by atoms with E-state index in [0.29, 0.717) is 27.8 Å². The van der Waals surface area contributed by atoms with Gasteiger partial charge in [-0.25, -0.2) is 4.79 Å². The van der Waals surface area contributed by atoms with Crippen molar-refractivity contribution in [1.29, 1.82) is 0 Å². The highest BCUT2D eigenvalue weighted by Gasteiger charge is 2.18. The summed E-state index contributed by atoms with van der Waals surface area (Å²) >= 11 is 11.1. The molecule has 0 spiro atoms. The number of nitrogens with two attached hydrogens (primary N) is 1. The number of benzene rings is 2. The zero-order valence-corrected chi connectivity index (χ0v) is 14.4. The molecule has 2 aromatic rings. The van der Waals surface area contributed by atoms with Crippen molar-refractivity contribution in [2.24, 2.45) is 0 Å². The number of hydrogen-bond donors (Lipinski definition) is 1. The van der Waals surface area contributed by atoms with Crippen LogP contribution in [0.4, 0.5) is 5.69 Å². The first-order valence-corrected chi connectivity index (χ1v) is 8.19. The molecule has 3 nitrogen and oxygen atoms in total. The fourth-order valence-electron chi connectivity index (χ4n) is 1.73. The van der Waals surface area contributed by atoms with Crippen LogP contribution in [0.3, 0.4) is 0 Å². The maximum Gasteiger partial charge on any atom is 0.339 e. The molecule has 0 fully saturated rings. The summed E-state index contributed by atoms with van der Waals surface area (Å²) in [6.45, 7) is 2.05. The molecule has 0 atom stereocenters. The van der Waals surface area contributed by atoms with Gasteiger partial charge < -0.3 is 10.5 Å². The normalized spacial score (nSPS) is 10.4. The summed E-state index contributed by atoms with van der Waals surface area (Å²) in [4.78, 5) is 13.7. The van der Waals surface area contributed by atoms with Gasteiger partial charge in [-0.2, -0.15) is 0 Å². The minimum absolute atomic E-state index is 0.298. The molecule has 0 aliphatic heterocycles.